The van der Waals surface area contributed by atoms with E-state index in [0.29, 0.717) is 32.5 Å². The fourth-order valence-corrected chi connectivity index (χ4v) is 4.68. The Morgan fingerprint density at radius 2 is 2.00 bits per heavy atom. The predicted octanol–water partition coefficient (Wildman–Crippen LogP) is 3.20. The number of aryl methyl sites for hydroxylation is 2. The summed E-state index contributed by atoms with van der Waals surface area (Å²) in [6, 6.07) is 6.24. The van der Waals surface area contributed by atoms with Crippen LogP contribution in [0, 0.1) is 33.1 Å². The second kappa shape index (κ2) is 7.32. The van der Waals surface area contributed by atoms with Crippen LogP contribution in [0.2, 0.25) is 0 Å². The van der Waals surface area contributed by atoms with E-state index in [1.54, 1.807) is 0 Å². The Hall–Kier alpha value is -2.63. The largest absolute Gasteiger partial charge is 0.465 e. The lowest BCUT2D eigenvalue weighted by Gasteiger charge is -2.20. The van der Waals surface area contributed by atoms with E-state index in [9.17, 15) is 9.59 Å². The normalized spacial score (nSPS) is 21.2. The van der Waals surface area contributed by atoms with Crippen LogP contribution in [0.3, 0.4) is 0 Å². The summed E-state index contributed by atoms with van der Waals surface area (Å²) in [6.07, 6.45) is 2.55. The molecule has 2 aliphatic heterocycles. The van der Waals surface area contributed by atoms with Gasteiger partial charge >= 0.3 is 5.97 Å². The number of nitrogens with zero attached hydrogens (tertiary/aromatic N) is 3. The van der Waals surface area contributed by atoms with Crippen molar-refractivity contribution in [3.05, 3.63) is 46.3 Å². The van der Waals surface area contributed by atoms with E-state index in [-0.39, 0.29) is 11.9 Å². The van der Waals surface area contributed by atoms with E-state index in [1.807, 2.05) is 16.5 Å². The second-order valence-electron chi connectivity index (χ2n) is 8.51. The van der Waals surface area contributed by atoms with Crippen molar-refractivity contribution in [1.29, 1.82) is 0 Å². The molecule has 154 valence electrons. The van der Waals surface area contributed by atoms with Crippen LogP contribution in [0.1, 0.15) is 47.3 Å². The molecule has 1 amide bonds. The summed E-state index contributed by atoms with van der Waals surface area (Å²) in [6.45, 7) is 9.93. The third kappa shape index (κ3) is 3.34. The highest BCUT2D eigenvalue weighted by Crippen LogP contribution is 2.39. The summed E-state index contributed by atoms with van der Waals surface area (Å²) in [4.78, 5) is 26.7. The first-order valence-corrected chi connectivity index (χ1v) is 10.4. The monoisotopic (exact) mass is 395 g/mol. The van der Waals surface area contributed by atoms with Crippen LogP contribution in [0.5, 0.6) is 0 Å². The molecule has 2 aromatic rings. The molecule has 0 radical (unpaired) electrons. The molecule has 0 N–H and O–H groups in total. The molecule has 6 heteroatoms. The number of hydrogen-bond acceptors (Lipinski definition) is 4. The zero-order chi connectivity index (χ0) is 20.8. The quantitative estimate of drug-likeness (QED) is 0.746. The van der Waals surface area contributed by atoms with Crippen molar-refractivity contribution in [3.63, 3.8) is 0 Å². The summed E-state index contributed by atoms with van der Waals surface area (Å²) in [5.74, 6) is -0.0193. The number of likely N-dealkylation sites (tertiary alicyclic amines) is 1. The Kier molecular flexibility index (Phi) is 4.97. The highest BCUT2D eigenvalue weighted by atomic mass is 16.5. The molecule has 1 unspecified atom stereocenters. The average molecular weight is 396 g/mol. The molecule has 1 atom stereocenters. The highest BCUT2D eigenvalue weighted by Gasteiger charge is 2.50. The van der Waals surface area contributed by atoms with Gasteiger partial charge in [-0.2, -0.15) is 5.10 Å². The maximum absolute atomic E-state index is 12.8. The molecular formula is C23H29N3O3. The molecule has 3 heterocycles. The zero-order valence-electron chi connectivity index (χ0n) is 17.7. The zero-order valence-corrected chi connectivity index (χ0v) is 17.7. The Balaban J connectivity index is 1.47. The molecule has 1 aromatic heterocycles. The number of amides is 1. The molecule has 2 aliphatic rings. The van der Waals surface area contributed by atoms with Crippen molar-refractivity contribution in [3.8, 4) is 5.69 Å². The first kappa shape index (κ1) is 19.7. The number of carbonyl (C=O) groups excluding carboxylic acids is 2. The molecule has 0 saturated carbocycles. The maximum Gasteiger partial charge on any atom is 0.314 e. The Labute approximate surface area is 171 Å². The van der Waals surface area contributed by atoms with Crippen LogP contribution < -0.4 is 0 Å². The van der Waals surface area contributed by atoms with Gasteiger partial charge < -0.3 is 9.64 Å². The van der Waals surface area contributed by atoms with Gasteiger partial charge in [-0.1, -0.05) is 12.1 Å². The fourth-order valence-electron chi connectivity index (χ4n) is 4.68. The third-order valence-corrected chi connectivity index (χ3v) is 6.79. The first-order chi connectivity index (χ1) is 13.8. The van der Waals surface area contributed by atoms with Gasteiger partial charge in [0.1, 0.15) is 0 Å². The summed E-state index contributed by atoms with van der Waals surface area (Å²) >= 11 is 0. The van der Waals surface area contributed by atoms with Crippen LogP contribution in [-0.4, -0.2) is 46.3 Å². The van der Waals surface area contributed by atoms with Gasteiger partial charge in [0, 0.05) is 25.2 Å². The molecule has 2 saturated heterocycles. The van der Waals surface area contributed by atoms with Crippen LogP contribution in [0.15, 0.2) is 18.2 Å². The lowest BCUT2D eigenvalue weighted by molar-refractivity contribution is -0.146. The van der Waals surface area contributed by atoms with Crippen molar-refractivity contribution in [2.75, 3.05) is 19.7 Å². The van der Waals surface area contributed by atoms with Crippen LogP contribution >= 0.6 is 0 Å². The van der Waals surface area contributed by atoms with Gasteiger partial charge in [-0.15, -0.1) is 0 Å². The van der Waals surface area contributed by atoms with Gasteiger partial charge in [-0.05, 0) is 69.7 Å². The van der Waals surface area contributed by atoms with Crippen LogP contribution in [0.25, 0.3) is 5.69 Å². The van der Waals surface area contributed by atoms with Gasteiger partial charge in [0.2, 0.25) is 5.91 Å². The van der Waals surface area contributed by atoms with Gasteiger partial charge in [-0.3, -0.25) is 9.59 Å². The van der Waals surface area contributed by atoms with Gasteiger partial charge in [-0.25, -0.2) is 4.68 Å². The first-order valence-electron chi connectivity index (χ1n) is 10.4. The molecule has 0 bridgehead atoms. The highest BCUT2D eigenvalue weighted by molar-refractivity contribution is 5.82. The van der Waals surface area contributed by atoms with Gasteiger partial charge in [0.05, 0.1) is 23.4 Å². The summed E-state index contributed by atoms with van der Waals surface area (Å²) in [5.41, 5.74) is 6.27. The Morgan fingerprint density at radius 3 is 2.72 bits per heavy atom. The molecule has 1 aromatic carbocycles. The third-order valence-electron chi connectivity index (χ3n) is 6.79. The molecule has 6 nitrogen and oxygen atoms in total. The summed E-state index contributed by atoms with van der Waals surface area (Å²) in [5, 5.41) is 4.76. The Morgan fingerprint density at radius 1 is 1.21 bits per heavy atom. The number of hydrogen-bond donors (Lipinski definition) is 0. The lowest BCUT2D eigenvalue weighted by atomic mass is 9.86. The molecule has 2 fully saturated rings. The average Bonchev–Trinajstić information content (AvgIpc) is 3.36. The van der Waals surface area contributed by atoms with Crippen molar-refractivity contribution in [2.24, 2.45) is 5.41 Å². The fraction of sp³-hybridized carbons (Fsp3) is 0.522. The minimum absolute atomic E-state index is 0.111. The molecule has 0 aliphatic carbocycles. The molecular weight excluding hydrogens is 366 g/mol. The van der Waals surface area contributed by atoms with Crippen molar-refractivity contribution in [2.45, 2.75) is 53.4 Å². The van der Waals surface area contributed by atoms with Crippen LogP contribution in [-0.2, 0) is 20.7 Å². The van der Waals surface area contributed by atoms with Crippen molar-refractivity contribution in [1.82, 2.24) is 14.7 Å². The number of ether oxygens (including phenoxy) is 1. The van der Waals surface area contributed by atoms with E-state index in [1.165, 1.54) is 11.1 Å². The minimum Gasteiger partial charge on any atom is -0.465 e. The summed E-state index contributed by atoms with van der Waals surface area (Å²) < 4.78 is 7.15. The minimum atomic E-state index is -0.449. The maximum atomic E-state index is 12.8. The number of esters is 1. The van der Waals surface area contributed by atoms with Gasteiger partial charge in [0.15, 0.2) is 0 Å². The summed E-state index contributed by atoms with van der Waals surface area (Å²) in [7, 11) is 0. The number of benzene rings is 1. The SMILES string of the molecule is Cc1cccc(-n2nc(C)c(CCC(=O)N3CCC4(CCOC4=O)C3)c2C)c1C. The number of aromatic nitrogens is 2. The molecule has 29 heavy (non-hydrogen) atoms. The standard InChI is InChI=1S/C23H29N3O3/c1-15-6-5-7-20(16(15)2)26-18(4)19(17(3)24-26)8-9-21(27)25-12-10-23(14-25)11-13-29-22(23)28/h5-7H,8-14H2,1-4H3. The lowest BCUT2D eigenvalue weighted by Crippen LogP contribution is -2.34. The van der Waals surface area contributed by atoms with E-state index in [0.717, 1.165) is 35.5 Å². The van der Waals surface area contributed by atoms with E-state index < -0.39 is 5.41 Å². The number of rotatable bonds is 4. The van der Waals surface area contributed by atoms with Crippen molar-refractivity contribution >= 4 is 11.9 Å². The van der Waals surface area contributed by atoms with E-state index in [4.69, 9.17) is 9.84 Å². The Bertz CT molecular complexity index is 978. The van der Waals surface area contributed by atoms with Crippen molar-refractivity contribution < 1.29 is 14.3 Å². The topological polar surface area (TPSA) is 64.4 Å². The van der Waals surface area contributed by atoms with E-state index in [2.05, 4.69) is 39.0 Å². The van der Waals surface area contributed by atoms with Gasteiger partial charge in [0.25, 0.3) is 0 Å². The second-order valence-corrected chi connectivity index (χ2v) is 8.51. The van der Waals surface area contributed by atoms with E-state index >= 15 is 0 Å². The number of cyclic esters (lactones) is 1. The molecule has 4 rings (SSSR count). The molecule has 1 spiro atoms. The smallest absolute Gasteiger partial charge is 0.314 e. The predicted molar refractivity (Wildman–Crippen MR) is 110 cm³/mol. The number of carbonyl (C=O) groups is 2. The van der Waals surface area contributed by atoms with Crippen LogP contribution in [0.4, 0.5) is 0 Å².